The lowest BCUT2D eigenvalue weighted by atomic mass is 9.99. The van der Waals surface area contributed by atoms with Crippen molar-refractivity contribution in [3.63, 3.8) is 0 Å². The topological polar surface area (TPSA) is 56.7 Å². The maximum absolute atomic E-state index is 6.95. The second-order valence-corrected chi connectivity index (χ2v) is 15.4. The molecule has 0 saturated heterocycles. The summed E-state index contributed by atoms with van der Waals surface area (Å²) in [6.07, 6.45) is 0. The molecule has 0 radical (unpaired) electrons. The number of para-hydroxylation sites is 3. The third kappa shape index (κ3) is 4.98. The van der Waals surface area contributed by atoms with Gasteiger partial charge in [-0.1, -0.05) is 140 Å². The number of furan rings is 1. The first-order valence-corrected chi connectivity index (χ1v) is 19.8. The minimum atomic E-state index is 0.564. The second-order valence-electron chi connectivity index (χ2n) is 14.3. The number of hydrogen-bond acceptors (Lipinski definition) is 5. The molecule has 0 aliphatic rings. The lowest BCUT2D eigenvalue weighted by Gasteiger charge is -2.17. The van der Waals surface area contributed by atoms with E-state index in [0.29, 0.717) is 17.5 Å². The maximum atomic E-state index is 6.95. The van der Waals surface area contributed by atoms with Crippen LogP contribution in [-0.2, 0) is 0 Å². The summed E-state index contributed by atoms with van der Waals surface area (Å²) in [5.74, 6) is 1.78. The largest absolute Gasteiger partial charge is 0.454 e. The predicted octanol–water partition coefficient (Wildman–Crippen LogP) is 13.9. The van der Waals surface area contributed by atoms with Gasteiger partial charge in [-0.2, -0.15) is 0 Å². The normalized spacial score (nSPS) is 11.9. The lowest BCUT2D eigenvalue weighted by molar-refractivity contribution is 0.666. The standard InChI is InChI=1S/C51H30N4OS/c1-3-14-31(15-4-1)49-52-50(32-16-5-2-6-17-32)54-51(53-49)40-28-27-39-36-19-8-11-24-43(36)56-48(39)47(40)55-42-23-10-7-18-35(42)38-22-13-21-34(46(38)55)33-26-29-45-41(30-33)37-20-9-12-25-44(37)57-45/h1-30H. The first-order chi connectivity index (χ1) is 28.3. The summed E-state index contributed by atoms with van der Waals surface area (Å²) in [4.78, 5) is 15.5. The molecule has 0 atom stereocenters. The molecule has 0 unspecified atom stereocenters. The molecule has 12 rings (SSSR count). The monoisotopic (exact) mass is 746 g/mol. The summed E-state index contributed by atoms with van der Waals surface area (Å²) in [7, 11) is 0. The molecule has 57 heavy (non-hydrogen) atoms. The van der Waals surface area contributed by atoms with Crippen molar-refractivity contribution in [2.24, 2.45) is 0 Å². The van der Waals surface area contributed by atoms with Gasteiger partial charge in [0.25, 0.3) is 0 Å². The minimum Gasteiger partial charge on any atom is -0.454 e. The number of thiophene rings is 1. The zero-order chi connectivity index (χ0) is 37.5. The molecule has 0 amide bonds. The Morgan fingerprint density at radius 2 is 1.04 bits per heavy atom. The molecule has 4 aromatic heterocycles. The Hall–Kier alpha value is -7.41. The van der Waals surface area contributed by atoms with Gasteiger partial charge in [0.05, 0.1) is 11.0 Å². The van der Waals surface area contributed by atoms with Crippen LogP contribution < -0.4 is 0 Å². The van der Waals surface area contributed by atoms with E-state index in [4.69, 9.17) is 19.4 Å². The maximum Gasteiger partial charge on any atom is 0.166 e. The van der Waals surface area contributed by atoms with E-state index in [2.05, 4.69) is 114 Å². The van der Waals surface area contributed by atoms with Gasteiger partial charge in [-0.25, -0.2) is 15.0 Å². The third-order valence-electron chi connectivity index (χ3n) is 11.1. The van der Waals surface area contributed by atoms with Crippen LogP contribution in [0, 0.1) is 0 Å². The van der Waals surface area contributed by atoms with E-state index in [-0.39, 0.29) is 0 Å². The van der Waals surface area contributed by atoms with Gasteiger partial charge in [-0.3, -0.25) is 0 Å². The molecule has 4 heterocycles. The van der Waals surface area contributed by atoms with Gasteiger partial charge < -0.3 is 8.98 Å². The highest BCUT2D eigenvalue weighted by Crippen LogP contribution is 2.45. The summed E-state index contributed by atoms with van der Waals surface area (Å²) < 4.78 is 11.9. The van der Waals surface area contributed by atoms with Gasteiger partial charge in [0.1, 0.15) is 11.3 Å². The molecule has 266 valence electrons. The number of fused-ring (bicyclic) bond motifs is 9. The first-order valence-electron chi connectivity index (χ1n) is 19.0. The average molecular weight is 747 g/mol. The van der Waals surface area contributed by atoms with Crippen molar-refractivity contribution in [3.8, 4) is 51.0 Å². The van der Waals surface area contributed by atoms with Crippen molar-refractivity contribution in [2.75, 3.05) is 0 Å². The first kappa shape index (κ1) is 31.9. The number of nitrogens with zero attached hydrogens (tertiary/aromatic N) is 4. The van der Waals surface area contributed by atoms with Gasteiger partial charge in [-0.15, -0.1) is 11.3 Å². The van der Waals surface area contributed by atoms with Gasteiger partial charge in [0.15, 0.2) is 23.1 Å². The molecule has 0 bridgehead atoms. The Kier molecular flexibility index (Phi) is 7.03. The summed E-state index contributed by atoms with van der Waals surface area (Å²) in [6.45, 7) is 0. The Bertz CT molecular complexity index is 3470. The molecular weight excluding hydrogens is 717 g/mol. The summed E-state index contributed by atoms with van der Waals surface area (Å²) >= 11 is 1.84. The van der Waals surface area contributed by atoms with Gasteiger partial charge >= 0.3 is 0 Å². The summed E-state index contributed by atoms with van der Waals surface area (Å²) in [5, 5.41) is 6.94. The number of rotatable bonds is 5. The van der Waals surface area contributed by atoms with Crippen molar-refractivity contribution >= 4 is 75.3 Å². The Labute approximate surface area is 330 Å². The van der Waals surface area contributed by atoms with Crippen molar-refractivity contribution in [1.82, 2.24) is 19.5 Å². The highest BCUT2D eigenvalue weighted by Gasteiger charge is 2.26. The molecule has 0 N–H and O–H groups in total. The van der Waals surface area contributed by atoms with Crippen LogP contribution in [0.2, 0.25) is 0 Å². The van der Waals surface area contributed by atoms with Crippen LogP contribution in [0.15, 0.2) is 186 Å². The van der Waals surface area contributed by atoms with Crippen molar-refractivity contribution in [3.05, 3.63) is 182 Å². The van der Waals surface area contributed by atoms with Gasteiger partial charge in [-0.05, 0) is 48.0 Å². The molecule has 0 saturated carbocycles. The van der Waals surface area contributed by atoms with Crippen molar-refractivity contribution in [1.29, 1.82) is 0 Å². The van der Waals surface area contributed by atoms with E-state index in [1.807, 2.05) is 84.1 Å². The molecule has 0 spiro atoms. The molecule has 12 aromatic rings. The summed E-state index contributed by atoms with van der Waals surface area (Å²) in [6, 6.07) is 63.7. The van der Waals surface area contributed by atoms with Crippen LogP contribution in [0.1, 0.15) is 0 Å². The Morgan fingerprint density at radius 3 is 1.82 bits per heavy atom. The lowest BCUT2D eigenvalue weighted by Crippen LogP contribution is -2.04. The van der Waals surface area contributed by atoms with E-state index in [1.54, 1.807) is 0 Å². The molecule has 0 aliphatic carbocycles. The third-order valence-corrected chi connectivity index (χ3v) is 12.2. The minimum absolute atomic E-state index is 0.564. The fraction of sp³-hybridized carbons (Fsp3) is 0. The molecule has 8 aromatic carbocycles. The average Bonchev–Trinajstić information content (AvgIpc) is 3.96. The van der Waals surface area contributed by atoms with E-state index >= 15 is 0 Å². The van der Waals surface area contributed by atoms with Crippen LogP contribution in [0.25, 0.3) is 115 Å². The Morgan fingerprint density at radius 1 is 0.404 bits per heavy atom. The molecule has 0 fully saturated rings. The van der Waals surface area contributed by atoms with Crippen LogP contribution in [0.3, 0.4) is 0 Å². The fourth-order valence-corrected chi connectivity index (χ4v) is 9.57. The number of benzene rings is 8. The van der Waals surface area contributed by atoms with E-state index < -0.39 is 0 Å². The van der Waals surface area contributed by atoms with Crippen LogP contribution in [-0.4, -0.2) is 19.5 Å². The molecule has 5 nitrogen and oxygen atoms in total. The number of aromatic nitrogens is 4. The Balaban J connectivity index is 1.22. The van der Waals surface area contributed by atoms with Gasteiger partial charge in [0.2, 0.25) is 0 Å². The van der Waals surface area contributed by atoms with Crippen LogP contribution >= 0.6 is 11.3 Å². The fourth-order valence-electron chi connectivity index (χ4n) is 8.48. The smallest absolute Gasteiger partial charge is 0.166 e. The zero-order valence-electron chi connectivity index (χ0n) is 30.4. The SMILES string of the molecule is c1ccc(-c2nc(-c3ccccc3)nc(-c3ccc4c(oc5ccccc54)c3-n3c4ccccc4c4cccc(-c5ccc6sc7ccccc7c6c5)c43)n2)cc1. The quantitative estimate of drug-likeness (QED) is 0.176. The van der Waals surface area contributed by atoms with Crippen LogP contribution in [0.4, 0.5) is 0 Å². The number of hydrogen-bond donors (Lipinski definition) is 0. The summed E-state index contributed by atoms with van der Waals surface area (Å²) in [5.41, 5.74) is 9.59. The predicted molar refractivity (Wildman–Crippen MR) is 236 cm³/mol. The van der Waals surface area contributed by atoms with E-state index in [1.165, 1.54) is 20.2 Å². The molecule has 6 heteroatoms. The molecule has 0 aliphatic heterocycles. The highest BCUT2D eigenvalue weighted by atomic mass is 32.1. The van der Waals surface area contributed by atoms with E-state index in [0.717, 1.165) is 77.2 Å². The second kappa shape index (κ2) is 12.6. The van der Waals surface area contributed by atoms with Crippen LogP contribution in [0.5, 0.6) is 0 Å². The molecular formula is C51H30N4OS. The zero-order valence-corrected chi connectivity index (χ0v) is 31.2. The van der Waals surface area contributed by atoms with E-state index in [9.17, 15) is 0 Å². The van der Waals surface area contributed by atoms with Gasteiger partial charge in [0, 0.05) is 64.0 Å². The highest BCUT2D eigenvalue weighted by molar-refractivity contribution is 7.25. The van der Waals surface area contributed by atoms with Crippen molar-refractivity contribution in [2.45, 2.75) is 0 Å². The van der Waals surface area contributed by atoms with Crippen molar-refractivity contribution < 1.29 is 4.42 Å².